The molecule has 5 aromatic rings. The molecule has 0 atom stereocenters. The number of methoxy groups -OCH3 is 1. The molecule has 0 unspecified atom stereocenters. The van der Waals surface area contributed by atoms with E-state index in [0.717, 1.165) is 25.7 Å². The molecule has 0 amide bonds. The molecule has 0 aliphatic carbocycles. The number of hydrogen-bond donors (Lipinski definition) is 3. The van der Waals surface area contributed by atoms with E-state index in [-0.39, 0.29) is 22.8 Å². The van der Waals surface area contributed by atoms with Gasteiger partial charge in [0, 0.05) is 34.3 Å². The predicted molar refractivity (Wildman–Crippen MR) is 190 cm³/mol. The van der Waals surface area contributed by atoms with Crippen LogP contribution in [-0.4, -0.2) is 93.8 Å². The third kappa shape index (κ3) is 7.45. The number of nitrogens with zero attached hydrogens (tertiary/aromatic N) is 14. The van der Waals surface area contributed by atoms with Crippen LogP contribution in [0, 0.1) is 0 Å². The zero-order chi connectivity index (χ0) is 37.4. The number of anilines is 2. The lowest BCUT2D eigenvalue weighted by Crippen LogP contribution is -2.09. The Morgan fingerprint density at radius 2 is 1.27 bits per heavy atom. The lowest BCUT2D eigenvalue weighted by atomic mass is 10.2. The van der Waals surface area contributed by atoms with Crippen molar-refractivity contribution in [2.75, 3.05) is 38.4 Å². The summed E-state index contributed by atoms with van der Waals surface area (Å²) in [5.74, 6) is 1.19. The van der Waals surface area contributed by atoms with E-state index < -0.39 is 18.4 Å². The van der Waals surface area contributed by atoms with Crippen LogP contribution in [0.15, 0.2) is 45.2 Å². The number of carbonyl (C=O) groups excluding carboxylic acids is 2. The zero-order valence-corrected chi connectivity index (χ0v) is 30.2. The van der Waals surface area contributed by atoms with Gasteiger partial charge in [-0.15, -0.1) is 20.5 Å². The van der Waals surface area contributed by atoms with Gasteiger partial charge in [-0.1, -0.05) is 26.7 Å². The third-order valence-corrected chi connectivity index (χ3v) is 8.09. The van der Waals surface area contributed by atoms with E-state index in [0.29, 0.717) is 58.9 Å². The summed E-state index contributed by atoms with van der Waals surface area (Å²) >= 11 is 0. The van der Waals surface area contributed by atoms with Crippen LogP contribution in [0.5, 0.6) is 0 Å². The lowest BCUT2D eigenvalue weighted by Gasteiger charge is -2.09. The highest BCUT2D eigenvalue weighted by Gasteiger charge is 2.24. The number of Topliss-reactive ketones (excluding diaryl/α,β-unsaturated/α-hetero) is 1. The lowest BCUT2D eigenvalue weighted by molar-refractivity contribution is 0.0601. The summed E-state index contributed by atoms with van der Waals surface area (Å²) in [5.41, 5.74) is 2.60. The fourth-order valence-electron chi connectivity index (χ4n) is 5.32. The average Bonchev–Trinajstić information content (AvgIpc) is 3.92. The Balaban J connectivity index is 1.60. The fraction of sp³-hybridized carbons (Fsp3) is 0.438. The second-order valence-corrected chi connectivity index (χ2v) is 11.5. The van der Waals surface area contributed by atoms with E-state index in [2.05, 4.69) is 65.1 Å². The molecule has 20 heteroatoms. The molecule has 5 aromatic heterocycles. The van der Waals surface area contributed by atoms with Crippen molar-refractivity contribution in [3.8, 4) is 11.6 Å². The maximum atomic E-state index is 12.3. The number of hydrogen-bond acceptors (Lipinski definition) is 16. The van der Waals surface area contributed by atoms with Crippen LogP contribution in [0.4, 0.5) is 34.6 Å². The molecule has 52 heavy (non-hydrogen) atoms. The number of aryl methyl sites for hydroxylation is 4. The molecule has 0 aliphatic heterocycles. The molecule has 20 nitrogen and oxygen atoms in total. The molecule has 0 aliphatic rings. The van der Waals surface area contributed by atoms with Crippen LogP contribution < -0.4 is 10.6 Å². The van der Waals surface area contributed by atoms with Gasteiger partial charge in [0.1, 0.15) is 18.5 Å². The zero-order valence-electron chi connectivity index (χ0n) is 30.2. The maximum Gasteiger partial charge on any atom is 0.343 e. The molecular formula is C32H42N16O4. The number of aromatic nitrogens is 10. The van der Waals surface area contributed by atoms with Gasteiger partial charge in [-0.2, -0.15) is 29.8 Å². The van der Waals surface area contributed by atoms with Crippen LogP contribution in [0.2, 0.25) is 0 Å². The standard InChI is InChI=1S/C32H42N16O4/c1-8-10-12-21-26(39-41-28-19(23(50)17-49)15-37-45(28)5)30(33-3)47(43-21)24-14-25(36-18-35-24)48-31(34-4)27(22(44-48)13-11-9-2)40-42-29-20(32(51)52-7)16-38-46(29)6/h14-16,18,33-34,49H,8-13,17H2,1-7H3. The number of ether oxygens (including phenoxy) is 1. The third-order valence-electron chi connectivity index (χ3n) is 8.09. The number of rotatable bonds is 17. The van der Waals surface area contributed by atoms with Crippen molar-refractivity contribution in [3.63, 3.8) is 0 Å². The smallest absolute Gasteiger partial charge is 0.343 e. The number of carbonyl (C=O) groups is 2. The van der Waals surface area contributed by atoms with E-state index in [1.54, 1.807) is 43.6 Å². The summed E-state index contributed by atoms with van der Waals surface area (Å²) in [6.45, 7) is 3.49. The number of aliphatic hydroxyl groups excluding tert-OH is 1. The first-order chi connectivity index (χ1) is 25.2. The van der Waals surface area contributed by atoms with Gasteiger partial charge in [-0.25, -0.2) is 24.1 Å². The Labute approximate surface area is 299 Å². The molecule has 0 radical (unpaired) electrons. The van der Waals surface area contributed by atoms with Crippen LogP contribution in [0.3, 0.4) is 0 Å². The van der Waals surface area contributed by atoms with Crippen LogP contribution >= 0.6 is 0 Å². The minimum Gasteiger partial charge on any atom is -0.465 e. The minimum absolute atomic E-state index is 0.156. The average molecular weight is 715 g/mol. The number of aliphatic hydroxyl groups is 1. The Morgan fingerprint density at radius 1 is 0.788 bits per heavy atom. The van der Waals surface area contributed by atoms with Gasteiger partial charge in [0.25, 0.3) is 0 Å². The Hall–Kier alpha value is -6.18. The van der Waals surface area contributed by atoms with Gasteiger partial charge in [0.05, 0.1) is 36.5 Å². The quantitative estimate of drug-likeness (QED) is 0.0664. The Morgan fingerprint density at radius 3 is 1.71 bits per heavy atom. The summed E-state index contributed by atoms with van der Waals surface area (Å²) in [6, 6.07) is 1.73. The van der Waals surface area contributed by atoms with Crippen molar-refractivity contribution >= 4 is 46.4 Å². The highest BCUT2D eigenvalue weighted by molar-refractivity contribution is 6.00. The first-order valence-corrected chi connectivity index (χ1v) is 16.7. The molecule has 274 valence electrons. The number of ketones is 1. The summed E-state index contributed by atoms with van der Waals surface area (Å²) in [6.07, 6.45) is 8.89. The van der Waals surface area contributed by atoms with Crippen molar-refractivity contribution in [2.45, 2.75) is 52.4 Å². The summed E-state index contributed by atoms with van der Waals surface area (Å²) < 4.78 is 11.0. The monoisotopic (exact) mass is 714 g/mol. The van der Waals surface area contributed by atoms with E-state index in [4.69, 9.17) is 14.9 Å². The maximum absolute atomic E-state index is 12.3. The fourth-order valence-corrected chi connectivity index (χ4v) is 5.32. The summed E-state index contributed by atoms with van der Waals surface area (Å²) in [5, 5.41) is 51.7. The van der Waals surface area contributed by atoms with Gasteiger partial charge in [-0.05, 0) is 25.7 Å². The molecule has 0 saturated heterocycles. The number of nitrogens with one attached hydrogen (secondary N) is 2. The minimum atomic E-state index is -0.678. The van der Waals surface area contributed by atoms with E-state index >= 15 is 0 Å². The van der Waals surface area contributed by atoms with Crippen LogP contribution in [-0.2, 0) is 31.7 Å². The summed E-state index contributed by atoms with van der Waals surface area (Å²) in [4.78, 5) is 33.7. The molecule has 0 spiro atoms. The van der Waals surface area contributed by atoms with Gasteiger partial charge in [0.15, 0.2) is 52.1 Å². The number of esters is 1. The molecule has 5 rings (SSSR count). The first kappa shape index (κ1) is 37.1. The van der Waals surface area contributed by atoms with Crippen LogP contribution in [0.25, 0.3) is 11.6 Å². The van der Waals surface area contributed by atoms with Crippen molar-refractivity contribution in [2.24, 2.45) is 34.6 Å². The Kier molecular flexibility index (Phi) is 11.9. The SMILES string of the molecule is CCCCc1nn(-c2cc(-n3nc(CCCC)c(N=Nc4c(C(=O)OC)cnn4C)c3NC)ncn2)c(NC)c1N=Nc1c(C(=O)CO)cnn1C. The highest BCUT2D eigenvalue weighted by Crippen LogP contribution is 2.37. The largest absolute Gasteiger partial charge is 0.465 e. The van der Waals surface area contributed by atoms with E-state index in [1.165, 1.54) is 35.2 Å². The molecule has 0 saturated carbocycles. The second-order valence-electron chi connectivity index (χ2n) is 11.5. The Bertz CT molecular complexity index is 1960. The normalized spacial score (nSPS) is 11.6. The van der Waals surface area contributed by atoms with Crippen molar-refractivity contribution < 1.29 is 19.4 Å². The first-order valence-electron chi connectivity index (χ1n) is 16.7. The molecule has 0 fully saturated rings. The van der Waals surface area contributed by atoms with Gasteiger partial charge >= 0.3 is 5.97 Å². The highest BCUT2D eigenvalue weighted by atomic mass is 16.5. The number of azo groups is 2. The molecule has 3 N–H and O–H groups in total. The van der Waals surface area contributed by atoms with E-state index in [9.17, 15) is 14.7 Å². The van der Waals surface area contributed by atoms with Gasteiger partial charge in [0.2, 0.25) is 0 Å². The molecular weight excluding hydrogens is 672 g/mol. The van der Waals surface area contributed by atoms with Gasteiger partial charge in [-0.3, -0.25) is 4.79 Å². The van der Waals surface area contributed by atoms with E-state index in [1.807, 2.05) is 0 Å². The summed E-state index contributed by atoms with van der Waals surface area (Å²) in [7, 11) is 8.07. The van der Waals surface area contributed by atoms with Crippen molar-refractivity contribution in [1.82, 2.24) is 49.1 Å². The van der Waals surface area contributed by atoms with Crippen molar-refractivity contribution in [1.29, 1.82) is 0 Å². The molecule has 0 bridgehead atoms. The van der Waals surface area contributed by atoms with Gasteiger partial charge < -0.3 is 20.5 Å². The topological polar surface area (TPSA) is 234 Å². The number of unbranched alkanes of at least 4 members (excludes halogenated alkanes) is 2. The van der Waals surface area contributed by atoms with Crippen LogP contribution in [0.1, 0.15) is 71.6 Å². The molecule has 5 heterocycles. The molecule has 0 aromatic carbocycles. The second kappa shape index (κ2) is 16.7. The predicted octanol–water partition coefficient (Wildman–Crippen LogP) is 4.88. The van der Waals surface area contributed by atoms with Crippen molar-refractivity contribution in [3.05, 3.63) is 47.3 Å².